The van der Waals surface area contributed by atoms with Gasteiger partial charge < -0.3 is 5.32 Å². The molecule has 0 saturated heterocycles. The molecule has 0 aliphatic heterocycles. The molecule has 140 valence electrons. The lowest BCUT2D eigenvalue weighted by Crippen LogP contribution is -2.26. The summed E-state index contributed by atoms with van der Waals surface area (Å²) in [6.45, 7) is 5.92. The van der Waals surface area contributed by atoms with Gasteiger partial charge in [-0.25, -0.2) is 8.42 Å². The SMILES string of the molecule is CCc1cccc(CC)c1NC(=O)c1ccc(C)c(N(C)S(C)(=O)=O)c1. The predicted molar refractivity (Wildman–Crippen MR) is 108 cm³/mol. The summed E-state index contributed by atoms with van der Waals surface area (Å²) in [5, 5.41) is 3.01. The number of carbonyl (C=O) groups excluding carboxylic acids is 1. The van der Waals surface area contributed by atoms with Crippen molar-refractivity contribution in [2.75, 3.05) is 22.9 Å². The Morgan fingerprint density at radius 1 is 1.08 bits per heavy atom. The minimum Gasteiger partial charge on any atom is -0.321 e. The molecule has 2 aromatic rings. The van der Waals surface area contributed by atoms with Crippen molar-refractivity contribution in [3.63, 3.8) is 0 Å². The van der Waals surface area contributed by atoms with Crippen LogP contribution in [-0.2, 0) is 22.9 Å². The van der Waals surface area contributed by atoms with Gasteiger partial charge in [0.15, 0.2) is 0 Å². The monoisotopic (exact) mass is 374 g/mol. The third-order valence-electron chi connectivity index (χ3n) is 4.55. The smallest absolute Gasteiger partial charge is 0.255 e. The Kier molecular flexibility index (Phi) is 6.08. The van der Waals surface area contributed by atoms with Crippen molar-refractivity contribution in [1.82, 2.24) is 0 Å². The number of aryl methyl sites for hydroxylation is 3. The molecule has 1 amide bonds. The Morgan fingerprint density at radius 3 is 2.15 bits per heavy atom. The van der Waals surface area contributed by atoms with E-state index >= 15 is 0 Å². The van der Waals surface area contributed by atoms with Crippen LogP contribution in [0.3, 0.4) is 0 Å². The van der Waals surface area contributed by atoms with Gasteiger partial charge in [0.25, 0.3) is 5.91 Å². The van der Waals surface area contributed by atoms with Gasteiger partial charge >= 0.3 is 0 Å². The molecule has 0 aliphatic rings. The molecule has 0 saturated carbocycles. The molecule has 0 bridgehead atoms. The number of benzene rings is 2. The number of anilines is 2. The van der Waals surface area contributed by atoms with E-state index in [0.717, 1.165) is 41.5 Å². The quantitative estimate of drug-likeness (QED) is 0.837. The van der Waals surface area contributed by atoms with Crippen LogP contribution in [0, 0.1) is 6.92 Å². The molecule has 0 spiro atoms. The van der Waals surface area contributed by atoms with Crippen LogP contribution >= 0.6 is 0 Å². The van der Waals surface area contributed by atoms with Crippen LogP contribution in [0.15, 0.2) is 36.4 Å². The van der Waals surface area contributed by atoms with E-state index in [1.54, 1.807) is 18.2 Å². The largest absolute Gasteiger partial charge is 0.321 e. The Hall–Kier alpha value is -2.34. The van der Waals surface area contributed by atoms with Crippen molar-refractivity contribution < 1.29 is 13.2 Å². The minimum atomic E-state index is -3.40. The first kappa shape index (κ1) is 20.0. The molecule has 5 nitrogen and oxygen atoms in total. The molecule has 0 fully saturated rings. The molecule has 0 heterocycles. The van der Waals surface area contributed by atoms with Crippen molar-refractivity contribution in [2.45, 2.75) is 33.6 Å². The topological polar surface area (TPSA) is 66.5 Å². The molecule has 2 rings (SSSR count). The number of hydrogen-bond acceptors (Lipinski definition) is 3. The van der Waals surface area contributed by atoms with Crippen molar-refractivity contribution >= 4 is 27.3 Å². The fourth-order valence-corrected chi connectivity index (χ4v) is 3.41. The number of para-hydroxylation sites is 1. The fraction of sp³-hybridized carbons (Fsp3) is 0.350. The zero-order chi connectivity index (χ0) is 19.5. The molecular weight excluding hydrogens is 348 g/mol. The maximum atomic E-state index is 12.8. The van der Waals surface area contributed by atoms with Gasteiger partial charge in [0.1, 0.15) is 0 Å². The zero-order valence-electron chi connectivity index (χ0n) is 16.0. The summed E-state index contributed by atoms with van der Waals surface area (Å²) in [7, 11) is -1.91. The highest BCUT2D eigenvalue weighted by atomic mass is 32.2. The lowest BCUT2D eigenvalue weighted by atomic mass is 10.0. The molecule has 0 aromatic heterocycles. The van der Waals surface area contributed by atoms with Gasteiger partial charge in [-0.2, -0.15) is 0 Å². The highest BCUT2D eigenvalue weighted by Gasteiger charge is 2.18. The maximum absolute atomic E-state index is 12.8. The van der Waals surface area contributed by atoms with Gasteiger partial charge in [-0.15, -0.1) is 0 Å². The lowest BCUT2D eigenvalue weighted by molar-refractivity contribution is 0.102. The number of hydrogen-bond donors (Lipinski definition) is 1. The van der Waals surface area contributed by atoms with E-state index in [9.17, 15) is 13.2 Å². The second-order valence-electron chi connectivity index (χ2n) is 6.34. The molecule has 6 heteroatoms. The highest BCUT2D eigenvalue weighted by Crippen LogP contribution is 2.26. The Balaban J connectivity index is 2.41. The maximum Gasteiger partial charge on any atom is 0.255 e. The normalized spacial score (nSPS) is 11.3. The van der Waals surface area contributed by atoms with Gasteiger partial charge in [-0.1, -0.05) is 38.1 Å². The molecule has 0 atom stereocenters. The summed E-state index contributed by atoms with van der Waals surface area (Å²) in [4.78, 5) is 12.8. The number of carbonyl (C=O) groups is 1. The molecule has 1 N–H and O–H groups in total. The van der Waals surface area contributed by atoms with Crippen LogP contribution in [-0.4, -0.2) is 27.6 Å². The van der Waals surface area contributed by atoms with Gasteiger partial charge in [0.2, 0.25) is 10.0 Å². The summed E-state index contributed by atoms with van der Waals surface area (Å²) in [6.07, 6.45) is 2.78. The Morgan fingerprint density at radius 2 is 1.65 bits per heavy atom. The average molecular weight is 375 g/mol. The summed E-state index contributed by atoms with van der Waals surface area (Å²) in [6, 6.07) is 11.1. The summed E-state index contributed by atoms with van der Waals surface area (Å²) in [5.41, 5.74) is 4.73. The molecule has 0 radical (unpaired) electrons. The second-order valence-corrected chi connectivity index (χ2v) is 8.36. The van der Waals surface area contributed by atoms with Crippen LogP contribution in [0.25, 0.3) is 0 Å². The molecule has 2 aromatic carbocycles. The number of amides is 1. The van der Waals surface area contributed by atoms with E-state index in [1.807, 2.05) is 25.1 Å². The first-order chi connectivity index (χ1) is 12.2. The van der Waals surface area contributed by atoms with Crippen LogP contribution in [0.1, 0.15) is 40.9 Å². The zero-order valence-corrected chi connectivity index (χ0v) is 16.8. The number of rotatable bonds is 6. The average Bonchev–Trinajstić information content (AvgIpc) is 2.60. The molecule has 0 unspecified atom stereocenters. The van der Waals surface area contributed by atoms with Crippen molar-refractivity contribution in [1.29, 1.82) is 0 Å². The Bertz CT molecular complexity index is 898. The van der Waals surface area contributed by atoms with Gasteiger partial charge in [-0.3, -0.25) is 9.10 Å². The van der Waals surface area contributed by atoms with Crippen molar-refractivity contribution in [2.24, 2.45) is 0 Å². The number of nitrogens with one attached hydrogen (secondary N) is 1. The molecule has 0 aliphatic carbocycles. The number of sulfonamides is 1. The molecular formula is C20H26N2O3S. The van der Waals surface area contributed by atoms with E-state index in [2.05, 4.69) is 19.2 Å². The molecule has 26 heavy (non-hydrogen) atoms. The fourth-order valence-electron chi connectivity index (χ4n) is 2.86. The standard InChI is InChI=1S/C20H26N2O3S/c1-6-15-9-8-10-16(7-2)19(15)21-20(23)17-12-11-14(3)18(13-17)22(4)26(5,24)25/h8-13H,6-7H2,1-5H3,(H,21,23). The van der Waals surface area contributed by atoms with Gasteiger partial charge in [0, 0.05) is 18.3 Å². The summed E-state index contributed by atoms with van der Waals surface area (Å²) in [5.74, 6) is -0.247. The van der Waals surface area contributed by atoms with E-state index in [4.69, 9.17) is 0 Å². The number of nitrogens with zero attached hydrogens (tertiary/aromatic N) is 1. The predicted octanol–water partition coefficient (Wildman–Crippen LogP) is 3.77. The first-order valence-corrected chi connectivity index (χ1v) is 10.5. The second kappa shape index (κ2) is 7.91. The van der Waals surface area contributed by atoms with Crippen LogP contribution < -0.4 is 9.62 Å². The van der Waals surface area contributed by atoms with Crippen LogP contribution in [0.4, 0.5) is 11.4 Å². The van der Waals surface area contributed by atoms with E-state index in [1.165, 1.54) is 11.4 Å². The minimum absolute atomic E-state index is 0.247. The van der Waals surface area contributed by atoms with E-state index < -0.39 is 10.0 Å². The first-order valence-electron chi connectivity index (χ1n) is 8.65. The van der Waals surface area contributed by atoms with Crippen LogP contribution in [0.5, 0.6) is 0 Å². The third-order valence-corrected chi connectivity index (χ3v) is 5.74. The van der Waals surface area contributed by atoms with Crippen molar-refractivity contribution in [3.8, 4) is 0 Å². The van der Waals surface area contributed by atoms with E-state index in [0.29, 0.717) is 11.3 Å². The lowest BCUT2D eigenvalue weighted by Gasteiger charge is -2.20. The third kappa shape index (κ3) is 4.25. The van der Waals surface area contributed by atoms with Gasteiger partial charge in [-0.05, 0) is 48.6 Å². The highest BCUT2D eigenvalue weighted by molar-refractivity contribution is 7.92. The summed E-state index contributed by atoms with van der Waals surface area (Å²) < 4.78 is 24.9. The van der Waals surface area contributed by atoms with E-state index in [-0.39, 0.29) is 5.91 Å². The van der Waals surface area contributed by atoms with Gasteiger partial charge in [0.05, 0.1) is 11.9 Å². The van der Waals surface area contributed by atoms with Crippen molar-refractivity contribution in [3.05, 3.63) is 58.7 Å². The summed E-state index contributed by atoms with van der Waals surface area (Å²) >= 11 is 0. The van der Waals surface area contributed by atoms with Crippen LogP contribution in [0.2, 0.25) is 0 Å². The Labute approximate surface area is 156 Å².